The Morgan fingerprint density at radius 3 is 2.25 bits per heavy atom. The van der Waals surface area contributed by atoms with Crippen molar-refractivity contribution in [2.24, 2.45) is 0 Å². The first-order chi connectivity index (χ1) is 11.4. The minimum atomic E-state index is -3.52. The highest BCUT2D eigenvalue weighted by Gasteiger charge is 2.36. The topological polar surface area (TPSA) is 57.6 Å². The van der Waals surface area contributed by atoms with Crippen LogP contribution in [0.2, 0.25) is 0 Å². The molecular formula is C19H23NO3S. The zero-order valence-corrected chi connectivity index (χ0v) is 14.8. The number of nitrogens with zero attached hydrogens (tertiary/aromatic N) is 1. The Kier molecular flexibility index (Phi) is 4.65. The van der Waals surface area contributed by atoms with Crippen LogP contribution in [-0.2, 0) is 10.0 Å². The third-order valence-electron chi connectivity index (χ3n) is 4.63. The second-order valence-electron chi connectivity index (χ2n) is 6.59. The Morgan fingerprint density at radius 1 is 1.04 bits per heavy atom. The molecule has 0 amide bonds. The molecule has 24 heavy (non-hydrogen) atoms. The second kappa shape index (κ2) is 6.57. The lowest BCUT2D eigenvalue weighted by molar-refractivity contribution is 0.396. The fourth-order valence-corrected chi connectivity index (χ4v) is 4.90. The molecule has 0 saturated carbocycles. The highest BCUT2D eigenvalue weighted by atomic mass is 32.2. The summed E-state index contributed by atoms with van der Waals surface area (Å²) in [5.41, 5.74) is 2.05. The van der Waals surface area contributed by atoms with E-state index in [2.05, 4.69) is 13.8 Å². The van der Waals surface area contributed by atoms with Gasteiger partial charge in [-0.3, -0.25) is 0 Å². The van der Waals surface area contributed by atoms with Crippen LogP contribution in [0, 0.1) is 0 Å². The van der Waals surface area contributed by atoms with Gasteiger partial charge in [0.05, 0.1) is 10.9 Å². The first-order valence-electron chi connectivity index (χ1n) is 8.30. The van der Waals surface area contributed by atoms with Crippen molar-refractivity contribution in [3.8, 4) is 5.75 Å². The molecule has 0 spiro atoms. The van der Waals surface area contributed by atoms with Gasteiger partial charge in [-0.05, 0) is 54.2 Å². The number of aromatic hydroxyl groups is 1. The van der Waals surface area contributed by atoms with Gasteiger partial charge in [0, 0.05) is 6.54 Å². The monoisotopic (exact) mass is 345 g/mol. The van der Waals surface area contributed by atoms with Crippen LogP contribution in [0.4, 0.5) is 0 Å². The Labute approximate surface area is 143 Å². The van der Waals surface area contributed by atoms with Crippen LogP contribution in [0.5, 0.6) is 5.75 Å². The minimum Gasteiger partial charge on any atom is -0.508 e. The average molecular weight is 345 g/mol. The van der Waals surface area contributed by atoms with Crippen molar-refractivity contribution in [3.63, 3.8) is 0 Å². The first-order valence-corrected chi connectivity index (χ1v) is 9.74. The number of phenolic OH excluding ortho intramolecular Hbond substituents is 1. The van der Waals surface area contributed by atoms with Crippen LogP contribution in [-0.4, -0.2) is 24.4 Å². The summed E-state index contributed by atoms with van der Waals surface area (Å²) in [5, 5.41) is 9.44. The average Bonchev–Trinajstić information content (AvgIpc) is 3.06. The third-order valence-corrected chi connectivity index (χ3v) is 6.56. The van der Waals surface area contributed by atoms with Crippen molar-refractivity contribution < 1.29 is 13.5 Å². The number of sulfonamides is 1. The standard InChI is InChI=1S/C19H23NO3S/c1-14(2)15-7-11-18(12-8-15)24(22,23)20-13-3-4-19(20)16-5-9-17(21)10-6-16/h5-12,14,19,21H,3-4,13H2,1-2H3. The van der Waals surface area contributed by atoms with Crippen molar-refractivity contribution >= 4 is 10.0 Å². The van der Waals surface area contributed by atoms with E-state index in [0.29, 0.717) is 17.4 Å². The van der Waals surface area contributed by atoms with E-state index < -0.39 is 10.0 Å². The molecule has 0 aliphatic carbocycles. The summed E-state index contributed by atoms with van der Waals surface area (Å²) in [6, 6.07) is 13.8. The van der Waals surface area contributed by atoms with E-state index in [4.69, 9.17) is 0 Å². The van der Waals surface area contributed by atoms with Gasteiger partial charge in [0.1, 0.15) is 5.75 Å². The Hall–Kier alpha value is -1.85. The Balaban J connectivity index is 1.91. The van der Waals surface area contributed by atoms with Gasteiger partial charge in [-0.25, -0.2) is 8.42 Å². The van der Waals surface area contributed by atoms with Crippen molar-refractivity contribution in [1.29, 1.82) is 0 Å². The maximum absolute atomic E-state index is 13.0. The maximum atomic E-state index is 13.0. The van der Waals surface area contributed by atoms with Crippen LogP contribution in [0.25, 0.3) is 0 Å². The molecule has 1 aliphatic rings. The van der Waals surface area contributed by atoms with Gasteiger partial charge in [-0.15, -0.1) is 0 Å². The Bertz CT molecular complexity index is 796. The van der Waals surface area contributed by atoms with Crippen molar-refractivity contribution in [2.45, 2.75) is 43.5 Å². The molecule has 2 aromatic rings. The molecule has 1 N–H and O–H groups in total. The van der Waals surface area contributed by atoms with Crippen LogP contribution in [0.1, 0.15) is 49.8 Å². The molecule has 0 bridgehead atoms. The number of benzene rings is 2. The molecule has 4 nitrogen and oxygen atoms in total. The van der Waals surface area contributed by atoms with Gasteiger partial charge >= 0.3 is 0 Å². The summed E-state index contributed by atoms with van der Waals surface area (Å²) in [7, 11) is -3.52. The van der Waals surface area contributed by atoms with Crippen LogP contribution < -0.4 is 0 Å². The number of hydrogen-bond acceptors (Lipinski definition) is 3. The molecule has 5 heteroatoms. The van der Waals surface area contributed by atoms with Gasteiger partial charge in [-0.1, -0.05) is 38.1 Å². The molecule has 2 aromatic carbocycles. The largest absolute Gasteiger partial charge is 0.508 e. The van der Waals surface area contributed by atoms with Gasteiger partial charge in [-0.2, -0.15) is 4.31 Å². The quantitative estimate of drug-likeness (QED) is 0.910. The summed E-state index contributed by atoms with van der Waals surface area (Å²) in [6.45, 7) is 4.70. The fraction of sp³-hybridized carbons (Fsp3) is 0.368. The predicted octanol–water partition coefficient (Wildman–Crippen LogP) is 4.04. The zero-order valence-electron chi connectivity index (χ0n) is 14.0. The number of phenols is 1. The molecule has 3 rings (SSSR count). The van der Waals surface area contributed by atoms with E-state index in [1.54, 1.807) is 40.7 Å². The first kappa shape index (κ1) is 17.0. The molecule has 128 valence electrons. The highest BCUT2D eigenvalue weighted by molar-refractivity contribution is 7.89. The zero-order chi connectivity index (χ0) is 17.3. The van der Waals surface area contributed by atoms with Crippen molar-refractivity contribution in [1.82, 2.24) is 4.31 Å². The van der Waals surface area contributed by atoms with Gasteiger partial charge in [0.2, 0.25) is 10.0 Å². The second-order valence-corrected chi connectivity index (χ2v) is 8.48. The van der Waals surface area contributed by atoms with Crippen molar-refractivity contribution in [2.75, 3.05) is 6.54 Å². The van der Waals surface area contributed by atoms with Crippen LogP contribution in [0.15, 0.2) is 53.4 Å². The maximum Gasteiger partial charge on any atom is 0.243 e. The summed E-state index contributed by atoms with van der Waals surface area (Å²) >= 11 is 0. The molecule has 1 unspecified atom stereocenters. The molecule has 0 aromatic heterocycles. The van der Waals surface area contributed by atoms with E-state index in [1.807, 2.05) is 12.1 Å². The Morgan fingerprint density at radius 2 is 1.67 bits per heavy atom. The van der Waals surface area contributed by atoms with Gasteiger partial charge in [0.15, 0.2) is 0 Å². The van der Waals surface area contributed by atoms with E-state index in [-0.39, 0.29) is 11.8 Å². The van der Waals surface area contributed by atoms with E-state index >= 15 is 0 Å². The minimum absolute atomic E-state index is 0.166. The summed E-state index contributed by atoms with van der Waals surface area (Å²) < 4.78 is 27.7. The fourth-order valence-electron chi connectivity index (χ4n) is 3.22. The molecule has 1 heterocycles. The molecule has 1 aliphatic heterocycles. The molecule has 1 saturated heterocycles. The lowest BCUT2D eigenvalue weighted by Gasteiger charge is -2.24. The normalized spacial score (nSPS) is 19.0. The van der Waals surface area contributed by atoms with E-state index in [9.17, 15) is 13.5 Å². The van der Waals surface area contributed by atoms with Gasteiger partial charge < -0.3 is 5.11 Å². The van der Waals surface area contributed by atoms with Crippen LogP contribution >= 0.6 is 0 Å². The lowest BCUT2D eigenvalue weighted by Crippen LogP contribution is -2.30. The summed E-state index contributed by atoms with van der Waals surface area (Å²) in [4.78, 5) is 0.345. The van der Waals surface area contributed by atoms with Crippen molar-refractivity contribution in [3.05, 3.63) is 59.7 Å². The molecule has 1 fully saturated rings. The number of hydrogen-bond donors (Lipinski definition) is 1. The third kappa shape index (κ3) is 3.19. The number of rotatable bonds is 4. The summed E-state index contributed by atoms with van der Waals surface area (Å²) in [6.07, 6.45) is 1.64. The molecule has 0 radical (unpaired) electrons. The SMILES string of the molecule is CC(C)c1ccc(S(=O)(=O)N2CCCC2c2ccc(O)cc2)cc1. The van der Waals surface area contributed by atoms with Crippen LogP contribution in [0.3, 0.4) is 0 Å². The predicted molar refractivity (Wildman–Crippen MR) is 94.5 cm³/mol. The lowest BCUT2D eigenvalue weighted by atomic mass is 10.0. The summed E-state index contributed by atoms with van der Waals surface area (Å²) in [5.74, 6) is 0.564. The molecule has 1 atom stereocenters. The molecular weight excluding hydrogens is 322 g/mol. The van der Waals surface area contributed by atoms with E-state index in [1.165, 1.54) is 0 Å². The van der Waals surface area contributed by atoms with Gasteiger partial charge in [0.25, 0.3) is 0 Å². The smallest absolute Gasteiger partial charge is 0.243 e. The highest BCUT2D eigenvalue weighted by Crippen LogP contribution is 2.37. The van der Waals surface area contributed by atoms with E-state index in [0.717, 1.165) is 24.0 Å².